The number of hydrogen-bond donors (Lipinski definition) is 1. The quantitative estimate of drug-likeness (QED) is 0.395. The molecule has 11 heteroatoms. The molecule has 1 N–H and O–H groups in total. The van der Waals surface area contributed by atoms with Crippen molar-refractivity contribution in [2.45, 2.75) is 28.9 Å². The van der Waals surface area contributed by atoms with Crippen LogP contribution in [0.5, 0.6) is 0 Å². The minimum absolute atomic E-state index is 0.174. The van der Waals surface area contributed by atoms with Crippen LogP contribution in [0.1, 0.15) is 44.0 Å². The Bertz CT molecular complexity index is 1490. The second-order valence-electron chi connectivity index (χ2n) is 8.57. The van der Waals surface area contributed by atoms with Crippen molar-refractivity contribution in [3.63, 3.8) is 0 Å². The van der Waals surface area contributed by atoms with Crippen molar-refractivity contribution < 1.29 is 37.0 Å². The highest BCUT2D eigenvalue weighted by molar-refractivity contribution is 7.92. The first-order valence-corrected chi connectivity index (χ1v) is 13.4. The third-order valence-corrected chi connectivity index (χ3v) is 10.2. The predicted molar refractivity (Wildman–Crippen MR) is 129 cm³/mol. The average Bonchev–Trinajstić information content (AvgIpc) is 3.30. The first-order chi connectivity index (χ1) is 17.2. The Morgan fingerprint density at radius 2 is 1.78 bits per heavy atom. The second-order valence-corrected chi connectivity index (χ2v) is 11.7. The highest BCUT2D eigenvalue weighted by atomic mass is 32.2. The minimum Gasteiger partial charge on any atom is -0.477 e. The van der Waals surface area contributed by atoms with Crippen LogP contribution in [0.15, 0.2) is 58.8 Å². The van der Waals surface area contributed by atoms with Gasteiger partial charge < -0.3 is 9.84 Å². The van der Waals surface area contributed by atoms with E-state index in [1.807, 2.05) is 0 Å². The van der Waals surface area contributed by atoms with E-state index < -0.39 is 43.9 Å². The van der Waals surface area contributed by atoms with Crippen LogP contribution in [-0.4, -0.2) is 44.5 Å². The molecule has 36 heavy (non-hydrogen) atoms. The molecule has 2 aliphatic rings. The summed E-state index contributed by atoms with van der Waals surface area (Å²) in [5.74, 6) is -4.10. The molecular formula is C25H20FNO7S2. The van der Waals surface area contributed by atoms with Gasteiger partial charge in [-0.3, -0.25) is 9.59 Å². The van der Waals surface area contributed by atoms with Crippen molar-refractivity contribution in [1.29, 1.82) is 0 Å². The molecule has 0 saturated carbocycles. The Hall–Kier alpha value is -3.41. The number of halogens is 1. The minimum atomic E-state index is -4.15. The van der Waals surface area contributed by atoms with Crippen LogP contribution in [0.4, 0.5) is 10.1 Å². The Labute approximate surface area is 209 Å². The van der Waals surface area contributed by atoms with E-state index in [1.165, 1.54) is 5.38 Å². The van der Waals surface area contributed by atoms with Gasteiger partial charge in [0.25, 0.3) is 5.91 Å². The van der Waals surface area contributed by atoms with E-state index in [1.54, 1.807) is 30.3 Å². The van der Waals surface area contributed by atoms with Crippen molar-refractivity contribution in [3.8, 4) is 0 Å². The largest absolute Gasteiger partial charge is 0.477 e. The van der Waals surface area contributed by atoms with Gasteiger partial charge in [-0.15, -0.1) is 11.3 Å². The number of carboxylic acids is 1. The van der Waals surface area contributed by atoms with E-state index in [9.17, 15) is 27.9 Å². The molecule has 1 aromatic heterocycles. The lowest BCUT2D eigenvalue weighted by molar-refractivity contribution is -0.117. The van der Waals surface area contributed by atoms with Gasteiger partial charge in [0, 0.05) is 13.2 Å². The molecule has 2 aromatic carbocycles. The monoisotopic (exact) mass is 529 g/mol. The van der Waals surface area contributed by atoms with Crippen LogP contribution in [0.3, 0.4) is 0 Å². The molecule has 3 aromatic rings. The van der Waals surface area contributed by atoms with Crippen LogP contribution in [0.2, 0.25) is 0 Å². The van der Waals surface area contributed by atoms with Crippen LogP contribution in [-0.2, 0) is 30.5 Å². The number of amides is 2. The molecule has 2 amide bonds. The number of carbonyl (C=O) groups is 3. The van der Waals surface area contributed by atoms with Crippen molar-refractivity contribution in [2.24, 2.45) is 0 Å². The molecule has 2 aliphatic heterocycles. The number of carboxylic acid groups (broad SMARTS) is 1. The van der Waals surface area contributed by atoms with E-state index >= 15 is 4.39 Å². The Morgan fingerprint density at radius 3 is 2.44 bits per heavy atom. The molecule has 1 fully saturated rings. The lowest BCUT2D eigenvalue weighted by Gasteiger charge is -2.37. The van der Waals surface area contributed by atoms with E-state index in [4.69, 9.17) is 4.74 Å². The Morgan fingerprint density at radius 1 is 1.08 bits per heavy atom. The lowest BCUT2D eigenvalue weighted by Crippen LogP contribution is -2.43. The SMILES string of the molecule is O=C(O)c1scc2c1C(=O)N(c1cc(S(=O)(=O)C3(c4ccccc4)CCOCC3)ccc1F)C(=O)C2. The summed E-state index contributed by atoms with van der Waals surface area (Å²) in [6, 6.07) is 11.7. The number of anilines is 1. The molecule has 0 aliphatic carbocycles. The smallest absolute Gasteiger partial charge is 0.346 e. The average molecular weight is 530 g/mol. The number of carbonyl (C=O) groups excluding carboxylic acids is 2. The van der Waals surface area contributed by atoms with Gasteiger partial charge in [-0.25, -0.2) is 22.5 Å². The molecule has 0 radical (unpaired) electrons. The van der Waals surface area contributed by atoms with Crippen LogP contribution < -0.4 is 4.90 Å². The van der Waals surface area contributed by atoms with Crippen molar-refractivity contribution in [3.05, 3.63) is 81.3 Å². The molecule has 1 saturated heterocycles. The summed E-state index contributed by atoms with van der Waals surface area (Å²) >= 11 is 0.803. The zero-order valence-corrected chi connectivity index (χ0v) is 20.4. The van der Waals surface area contributed by atoms with Crippen LogP contribution >= 0.6 is 11.3 Å². The number of thiophene rings is 1. The number of aromatic carboxylic acids is 1. The molecule has 186 valence electrons. The molecule has 0 unspecified atom stereocenters. The van der Waals surface area contributed by atoms with Gasteiger partial charge in [0.1, 0.15) is 15.4 Å². The fourth-order valence-corrected chi connectivity index (χ4v) is 7.85. The summed E-state index contributed by atoms with van der Waals surface area (Å²) in [6.45, 7) is 0.425. The Balaban J connectivity index is 1.63. The van der Waals surface area contributed by atoms with Gasteiger partial charge in [0.15, 0.2) is 9.84 Å². The van der Waals surface area contributed by atoms with Crippen molar-refractivity contribution in [2.75, 3.05) is 18.1 Å². The van der Waals surface area contributed by atoms with Crippen LogP contribution in [0, 0.1) is 5.82 Å². The second kappa shape index (κ2) is 8.91. The number of sulfone groups is 1. The third-order valence-electron chi connectivity index (χ3n) is 6.65. The summed E-state index contributed by atoms with van der Waals surface area (Å²) in [7, 11) is -4.15. The van der Waals surface area contributed by atoms with Crippen LogP contribution in [0.25, 0.3) is 0 Å². The first kappa shape index (κ1) is 24.3. The molecule has 8 nitrogen and oxygen atoms in total. The van der Waals surface area contributed by atoms with Gasteiger partial charge in [-0.1, -0.05) is 30.3 Å². The fraction of sp³-hybridized carbons (Fsp3) is 0.240. The zero-order chi connectivity index (χ0) is 25.7. The maximum atomic E-state index is 15.0. The van der Waals surface area contributed by atoms with Crippen molar-refractivity contribution >= 4 is 44.6 Å². The molecular weight excluding hydrogens is 509 g/mol. The molecule has 5 rings (SSSR count). The standard InChI is InChI=1S/C25H20FNO7S2/c26-18-7-6-17(36(32,33)25(8-10-34-11-9-25)16-4-2-1-3-5-16)13-19(18)27-20(28)12-15-14-35-22(24(30)31)21(15)23(27)29/h1-7,13-14H,8-12H2,(H,30,31). The zero-order valence-electron chi connectivity index (χ0n) is 18.8. The number of hydrogen-bond acceptors (Lipinski definition) is 7. The topological polar surface area (TPSA) is 118 Å². The van der Waals surface area contributed by atoms with Crippen molar-refractivity contribution in [1.82, 2.24) is 0 Å². The summed E-state index contributed by atoms with van der Waals surface area (Å²) in [4.78, 5) is 37.7. The third kappa shape index (κ3) is 3.66. The van der Waals surface area contributed by atoms with E-state index in [0.717, 1.165) is 29.5 Å². The van der Waals surface area contributed by atoms with E-state index in [0.29, 0.717) is 10.5 Å². The number of ether oxygens (including phenoxy) is 1. The lowest BCUT2D eigenvalue weighted by atomic mass is 9.90. The summed E-state index contributed by atoms with van der Waals surface area (Å²) in [5, 5.41) is 10.9. The molecule has 0 atom stereocenters. The maximum Gasteiger partial charge on any atom is 0.346 e. The molecule has 0 spiro atoms. The summed E-state index contributed by atoms with van der Waals surface area (Å²) in [5.41, 5.74) is 0.0934. The number of imide groups is 1. The van der Waals surface area contributed by atoms with Gasteiger partial charge in [-0.05, 0) is 47.5 Å². The number of fused-ring (bicyclic) bond motifs is 1. The fourth-order valence-electron chi connectivity index (χ4n) is 4.84. The van der Waals surface area contributed by atoms with Gasteiger partial charge in [0.05, 0.1) is 22.6 Å². The number of rotatable bonds is 5. The molecule has 0 bridgehead atoms. The summed E-state index contributed by atoms with van der Waals surface area (Å²) < 4.78 is 47.3. The predicted octanol–water partition coefficient (Wildman–Crippen LogP) is 3.79. The number of nitrogens with zero attached hydrogens (tertiary/aromatic N) is 1. The Kier molecular flexibility index (Phi) is 6.01. The van der Waals surface area contributed by atoms with Gasteiger partial charge in [-0.2, -0.15) is 0 Å². The maximum absolute atomic E-state index is 15.0. The highest BCUT2D eigenvalue weighted by Gasteiger charge is 2.48. The van der Waals surface area contributed by atoms with E-state index in [-0.39, 0.29) is 53.4 Å². The molecule has 3 heterocycles. The summed E-state index contributed by atoms with van der Waals surface area (Å²) in [6.07, 6.45) is 0.0360. The highest BCUT2D eigenvalue weighted by Crippen LogP contribution is 2.44. The normalized spacial score (nSPS) is 17.6. The van der Waals surface area contributed by atoms with Gasteiger partial charge >= 0.3 is 5.97 Å². The number of benzene rings is 2. The first-order valence-electron chi connectivity index (χ1n) is 11.1. The van der Waals surface area contributed by atoms with E-state index in [2.05, 4.69) is 0 Å². The van der Waals surface area contributed by atoms with Gasteiger partial charge in [0.2, 0.25) is 5.91 Å².